The van der Waals surface area contributed by atoms with Crippen molar-refractivity contribution in [2.45, 2.75) is 100 Å². The second-order valence-corrected chi connectivity index (χ2v) is 16.0. The smallest absolute Gasteiger partial charge is 0.270 e. The van der Waals surface area contributed by atoms with Crippen LogP contribution in [0.3, 0.4) is 0 Å². The number of aryl methyl sites for hydroxylation is 1. The zero-order valence-electron chi connectivity index (χ0n) is 29.2. The van der Waals surface area contributed by atoms with Crippen LogP contribution in [-0.2, 0) is 30.8 Å². The number of amides is 4. The summed E-state index contributed by atoms with van der Waals surface area (Å²) in [6.45, 7) is 1.78. The Morgan fingerprint density at radius 2 is 1.92 bits per heavy atom. The van der Waals surface area contributed by atoms with Gasteiger partial charge in [-0.25, -0.2) is 32.7 Å². The Kier molecular flexibility index (Phi) is 10.1. The quantitative estimate of drug-likeness (QED) is 0.285. The molecule has 53 heavy (non-hydrogen) atoms. The summed E-state index contributed by atoms with van der Waals surface area (Å²) in [7, 11) is -3.91. The van der Waals surface area contributed by atoms with E-state index >= 15 is 0 Å². The van der Waals surface area contributed by atoms with Crippen molar-refractivity contribution in [2.24, 2.45) is 5.92 Å². The van der Waals surface area contributed by atoms with E-state index in [1.807, 2.05) is 19.1 Å². The first-order valence-corrected chi connectivity index (χ1v) is 19.6. The third-order valence-corrected chi connectivity index (χ3v) is 12.1. The van der Waals surface area contributed by atoms with E-state index in [2.05, 4.69) is 35.3 Å². The summed E-state index contributed by atoms with van der Waals surface area (Å²) in [4.78, 5) is 74.1. The zero-order chi connectivity index (χ0) is 37.3. The van der Waals surface area contributed by atoms with E-state index in [1.54, 1.807) is 0 Å². The number of sulfonamides is 1. The molecule has 2 saturated carbocycles. The van der Waals surface area contributed by atoms with Gasteiger partial charge in [0.05, 0.1) is 22.8 Å². The van der Waals surface area contributed by atoms with Crippen molar-refractivity contribution in [2.75, 3.05) is 6.54 Å². The number of fused-ring (bicyclic) bond motifs is 3. The third-order valence-electron chi connectivity index (χ3n) is 10.2. The molecule has 17 heteroatoms. The lowest BCUT2D eigenvalue weighted by Gasteiger charge is -2.29. The number of aromatic nitrogens is 4. The van der Waals surface area contributed by atoms with Crippen molar-refractivity contribution in [3.8, 4) is 5.88 Å². The highest BCUT2D eigenvalue weighted by Gasteiger charge is 2.62. The summed E-state index contributed by atoms with van der Waals surface area (Å²) in [5.74, 6) is -3.42. The maximum absolute atomic E-state index is 14.5. The van der Waals surface area contributed by atoms with Gasteiger partial charge in [-0.3, -0.25) is 23.9 Å². The number of halogens is 1. The number of benzene rings is 1. The highest BCUT2D eigenvalue weighted by molar-refractivity contribution is 7.91. The number of carbonyl (C=O) groups excluding carboxylic acids is 4. The summed E-state index contributed by atoms with van der Waals surface area (Å²) in [6, 6.07) is 3.28. The third kappa shape index (κ3) is 7.84. The minimum absolute atomic E-state index is 0.0191. The largest absolute Gasteiger partial charge is 0.471 e. The lowest BCUT2D eigenvalue weighted by atomic mass is 10.0. The molecule has 2 aliphatic carbocycles. The lowest BCUT2D eigenvalue weighted by Crippen LogP contribution is -2.58. The molecule has 3 N–H and O–H groups in total. The van der Waals surface area contributed by atoms with Gasteiger partial charge in [0, 0.05) is 24.6 Å². The molecule has 4 heterocycles. The fourth-order valence-electron chi connectivity index (χ4n) is 7.03. The first-order valence-electron chi connectivity index (χ1n) is 18.0. The Bertz CT molecular complexity index is 2060. The van der Waals surface area contributed by atoms with Crippen molar-refractivity contribution < 1.29 is 36.7 Å². The molecule has 0 spiro atoms. The minimum Gasteiger partial charge on any atom is -0.471 e. The molecule has 7 rings (SSSR count). The molecule has 0 radical (unpaired) electrons. The van der Waals surface area contributed by atoms with Gasteiger partial charge in [0.1, 0.15) is 47.3 Å². The van der Waals surface area contributed by atoms with Gasteiger partial charge < -0.3 is 20.3 Å². The van der Waals surface area contributed by atoms with Gasteiger partial charge in [-0.2, -0.15) is 0 Å². The van der Waals surface area contributed by atoms with Crippen LogP contribution >= 0.6 is 0 Å². The van der Waals surface area contributed by atoms with Crippen LogP contribution in [0.2, 0.25) is 0 Å². The predicted octanol–water partition coefficient (Wildman–Crippen LogP) is 2.27. The van der Waals surface area contributed by atoms with Gasteiger partial charge in [-0.05, 0) is 63.1 Å². The number of carbonyl (C=O) groups is 4. The van der Waals surface area contributed by atoms with Gasteiger partial charge in [0.15, 0.2) is 0 Å². The standard InChI is InChI=1S/C36H41FN8O7S/c1-2-25-33(42-29-16-22(37)10-13-26(29)40-25)52-23-17-30-32(47)43-36(35(49)44-53(50,51)24-11-12-24)18-21(36)8-6-4-3-5-7-9-28(34(48)45(30)19-23)41-31(46)27-14-15-38-20-39-27/h6,8,10,13-16,20-21,23-24,28,30H,2-5,7,9,11-12,17-19H2,1H3,(H,41,46)(H,43,47)(H,44,49)/b8-6-/t21?,23-,28+,30+,36-/m1/s1. The molecule has 2 aliphatic heterocycles. The molecule has 280 valence electrons. The average molecular weight is 749 g/mol. The highest BCUT2D eigenvalue weighted by Crippen LogP contribution is 2.46. The maximum atomic E-state index is 14.5. The second kappa shape index (κ2) is 14.8. The molecular formula is C36H41FN8O7S. The molecule has 0 bridgehead atoms. The summed E-state index contributed by atoms with van der Waals surface area (Å²) < 4.78 is 48.2. The van der Waals surface area contributed by atoms with Gasteiger partial charge in [-0.15, -0.1) is 0 Å². The fourth-order valence-corrected chi connectivity index (χ4v) is 8.40. The number of rotatable bonds is 8. The molecule has 15 nitrogen and oxygen atoms in total. The highest BCUT2D eigenvalue weighted by atomic mass is 32.2. The minimum atomic E-state index is -3.91. The Labute approximate surface area is 305 Å². The number of ether oxygens (including phenoxy) is 1. The topological polar surface area (TPSA) is 203 Å². The van der Waals surface area contributed by atoms with Crippen LogP contribution in [0, 0.1) is 11.7 Å². The lowest BCUT2D eigenvalue weighted by molar-refractivity contribution is -0.141. The number of nitrogens with one attached hydrogen (secondary N) is 3. The van der Waals surface area contributed by atoms with Crippen LogP contribution in [0.4, 0.5) is 4.39 Å². The molecule has 2 aromatic heterocycles. The number of hydrogen-bond acceptors (Lipinski definition) is 11. The molecule has 1 unspecified atom stereocenters. The average Bonchev–Trinajstić information content (AvgIpc) is 4.07. The van der Waals surface area contributed by atoms with Crippen LogP contribution < -0.4 is 20.1 Å². The van der Waals surface area contributed by atoms with E-state index in [4.69, 9.17) is 4.74 Å². The molecule has 3 aromatic rings. The zero-order valence-corrected chi connectivity index (χ0v) is 30.0. The van der Waals surface area contributed by atoms with Crippen LogP contribution in [-0.4, -0.2) is 92.4 Å². The van der Waals surface area contributed by atoms with Crippen LogP contribution in [0.25, 0.3) is 11.0 Å². The van der Waals surface area contributed by atoms with E-state index in [0.29, 0.717) is 43.3 Å². The number of hydrogen-bond donors (Lipinski definition) is 3. The van der Waals surface area contributed by atoms with Crippen molar-refractivity contribution >= 4 is 44.7 Å². The molecule has 5 atom stereocenters. The molecular weight excluding hydrogens is 708 g/mol. The van der Waals surface area contributed by atoms with E-state index in [1.165, 1.54) is 41.7 Å². The van der Waals surface area contributed by atoms with Crippen LogP contribution in [0.1, 0.15) is 80.9 Å². The van der Waals surface area contributed by atoms with E-state index < -0.39 is 74.4 Å². The SMILES string of the molecule is CCc1nc2ccc(F)cc2nc1O[C@@H]1C[C@H]2C(=O)N[C@]3(C(=O)NS(=O)(=O)C4CC4)CC3/C=C\CCCCC[C@H](NC(=O)c3ccncn3)C(=O)N2C1. The van der Waals surface area contributed by atoms with Crippen LogP contribution in [0.5, 0.6) is 5.88 Å². The Balaban J connectivity index is 1.20. The van der Waals surface area contributed by atoms with Crippen molar-refractivity contribution in [3.63, 3.8) is 0 Å². The monoisotopic (exact) mass is 748 g/mol. The van der Waals surface area contributed by atoms with E-state index in [9.17, 15) is 32.0 Å². The molecule has 1 saturated heterocycles. The summed E-state index contributed by atoms with van der Waals surface area (Å²) in [6.07, 6.45) is 10.2. The summed E-state index contributed by atoms with van der Waals surface area (Å²) in [5.41, 5.74) is -0.217. The first kappa shape index (κ1) is 36.3. The van der Waals surface area contributed by atoms with Gasteiger partial charge in [-0.1, -0.05) is 31.9 Å². The maximum Gasteiger partial charge on any atom is 0.270 e. The number of nitrogens with zero attached hydrogens (tertiary/aromatic N) is 5. The first-order chi connectivity index (χ1) is 25.5. The van der Waals surface area contributed by atoms with Gasteiger partial charge in [0.2, 0.25) is 27.7 Å². The predicted molar refractivity (Wildman–Crippen MR) is 188 cm³/mol. The molecule has 1 aromatic carbocycles. The fraction of sp³-hybridized carbons (Fsp3) is 0.500. The number of allylic oxidation sites excluding steroid dienone is 1. The Hall–Kier alpha value is -5.06. The van der Waals surface area contributed by atoms with E-state index in [-0.39, 0.29) is 42.9 Å². The van der Waals surface area contributed by atoms with E-state index in [0.717, 1.165) is 12.8 Å². The second-order valence-electron chi connectivity index (χ2n) is 14.1. The molecule has 4 aliphatic rings. The molecule has 4 amide bonds. The Morgan fingerprint density at radius 1 is 1.09 bits per heavy atom. The van der Waals surface area contributed by atoms with Gasteiger partial charge in [0.25, 0.3) is 11.8 Å². The van der Waals surface area contributed by atoms with Gasteiger partial charge >= 0.3 is 0 Å². The normalized spacial score (nSPS) is 27.0. The Morgan fingerprint density at radius 3 is 2.68 bits per heavy atom. The summed E-state index contributed by atoms with van der Waals surface area (Å²) >= 11 is 0. The van der Waals surface area contributed by atoms with Crippen molar-refractivity contribution in [1.29, 1.82) is 0 Å². The summed E-state index contributed by atoms with van der Waals surface area (Å²) in [5, 5.41) is 4.99. The van der Waals surface area contributed by atoms with Crippen LogP contribution in [0.15, 0.2) is 48.9 Å². The van der Waals surface area contributed by atoms with Crippen molar-refractivity contribution in [1.82, 2.24) is 40.2 Å². The molecule has 3 fully saturated rings. The van der Waals surface area contributed by atoms with Crippen molar-refractivity contribution in [3.05, 3.63) is 66.1 Å².